The molecule has 0 radical (unpaired) electrons. The van der Waals surface area contributed by atoms with Gasteiger partial charge in [0.25, 0.3) is 0 Å². The number of halogens is 3. The zero-order valence-corrected chi connectivity index (χ0v) is 10.2. The van der Waals surface area contributed by atoms with Gasteiger partial charge in [-0.1, -0.05) is 12.1 Å². The predicted molar refractivity (Wildman–Crippen MR) is 60.2 cm³/mol. The normalized spacial score (nSPS) is 16.8. The van der Waals surface area contributed by atoms with Crippen LogP contribution in [0.3, 0.4) is 0 Å². The standard InChI is InChI=1S/C11H12F3NO2S/c12-11(13,14)9-3-1-8(2-4-9)7-18(16,17)15-10-5-6-10/h1-4,10,15H,5-7H2. The lowest BCUT2D eigenvalue weighted by atomic mass is 10.1. The van der Waals surface area contributed by atoms with Gasteiger partial charge < -0.3 is 0 Å². The van der Waals surface area contributed by atoms with Crippen LogP contribution in [-0.2, 0) is 22.0 Å². The predicted octanol–water partition coefficient (Wildman–Crippen LogP) is 2.29. The van der Waals surface area contributed by atoms with E-state index in [4.69, 9.17) is 0 Å². The van der Waals surface area contributed by atoms with E-state index in [0.29, 0.717) is 5.56 Å². The topological polar surface area (TPSA) is 46.2 Å². The lowest BCUT2D eigenvalue weighted by Crippen LogP contribution is -2.27. The first kappa shape index (κ1) is 13.4. The van der Waals surface area contributed by atoms with Crippen molar-refractivity contribution in [2.24, 2.45) is 0 Å². The third-order valence-corrected chi connectivity index (χ3v) is 3.97. The summed E-state index contributed by atoms with van der Waals surface area (Å²) in [5.74, 6) is -0.290. The number of hydrogen-bond acceptors (Lipinski definition) is 2. The van der Waals surface area contributed by atoms with Crippen molar-refractivity contribution in [3.05, 3.63) is 35.4 Å². The Hall–Kier alpha value is -1.08. The second kappa shape index (κ2) is 4.55. The van der Waals surface area contributed by atoms with Gasteiger partial charge in [-0.25, -0.2) is 13.1 Å². The van der Waals surface area contributed by atoms with Crippen molar-refractivity contribution < 1.29 is 21.6 Å². The second-order valence-electron chi connectivity index (χ2n) is 4.35. The molecule has 0 spiro atoms. The third-order valence-electron chi connectivity index (χ3n) is 2.56. The largest absolute Gasteiger partial charge is 0.416 e. The Kier molecular flexibility index (Phi) is 3.37. The van der Waals surface area contributed by atoms with Crippen LogP contribution in [-0.4, -0.2) is 14.5 Å². The van der Waals surface area contributed by atoms with Crippen molar-refractivity contribution in [3.8, 4) is 0 Å². The van der Waals surface area contributed by atoms with Crippen molar-refractivity contribution in [1.82, 2.24) is 4.72 Å². The van der Waals surface area contributed by atoms with Crippen LogP contribution in [0.4, 0.5) is 13.2 Å². The maximum Gasteiger partial charge on any atom is 0.416 e. The summed E-state index contributed by atoms with van der Waals surface area (Å²) in [7, 11) is -3.45. The number of rotatable bonds is 4. The van der Waals surface area contributed by atoms with Gasteiger partial charge in [0.1, 0.15) is 0 Å². The average molecular weight is 279 g/mol. The van der Waals surface area contributed by atoms with Gasteiger partial charge >= 0.3 is 6.18 Å². The fraction of sp³-hybridized carbons (Fsp3) is 0.455. The first-order chi connectivity index (χ1) is 8.26. The highest BCUT2D eigenvalue weighted by atomic mass is 32.2. The Morgan fingerprint density at radius 1 is 1.17 bits per heavy atom. The molecule has 0 saturated heterocycles. The summed E-state index contributed by atoms with van der Waals surface area (Å²) >= 11 is 0. The first-order valence-electron chi connectivity index (χ1n) is 5.42. The number of benzene rings is 1. The molecule has 1 N–H and O–H groups in total. The van der Waals surface area contributed by atoms with Crippen molar-refractivity contribution in [1.29, 1.82) is 0 Å². The molecule has 1 aromatic carbocycles. The second-order valence-corrected chi connectivity index (χ2v) is 6.10. The molecule has 100 valence electrons. The summed E-state index contributed by atoms with van der Waals surface area (Å²) in [6.45, 7) is 0. The van der Waals surface area contributed by atoms with Crippen LogP contribution < -0.4 is 4.72 Å². The molecule has 0 unspecified atom stereocenters. The number of alkyl halides is 3. The zero-order chi connectivity index (χ0) is 13.4. The fourth-order valence-corrected chi connectivity index (χ4v) is 2.96. The summed E-state index contributed by atoms with van der Waals surface area (Å²) < 4.78 is 62.6. The molecule has 0 aromatic heterocycles. The minimum atomic E-state index is -4.40. The van der Waals surface area contributed by atoms with Gasteiger partial charge in [0.2, 0.25) is 10.0 Å². The molecule has 1 fully saturated rings. The van der Waals surface area contributed by atoms with Crippen LogP contribution in [0.1, 0.15) is 24.0 Å². The summed E-state index contributed by atoms with van der Waals surface area (Å²) in [6.07, 6.45) is -2.75. The smallest absolute Gasteiger partial charge is 0.212 e. The molecule has 3 nitrogen and oxygen atoms in total. The maximum absolute atomic E-state index is 12.3. The SMILES string of the molecule is O=S(=O)(Cc1ccc(C(F)(F)F)cc1)NC1CC1. The lowest BCUT2D eigenvalue weighted by Gasteiger charge is -2.08. The first-order valence-corrected chi connectivity index (χ1v) is 7.08. The van der Waals surface area contributed by atoms with E-state index in [0.717, 1.165) is 25.0 Å². The van der Waals surface area contributed by atoms with Crippen LogP contribution in [0.15, 0.2) is 24.3 Å². The molecule has 1 aromatic rings. The molecule has 7 heteroatoms. The monoisotopic (exact) mass is 279 g/mol. The molecule has 0 aliphatic heterocycles. The molecule has 0 amide bonds. The summed E-state index contributed by atoms with van der Waals surface area (Å²) in [5, 5.41) is 0. The van der Waals surface area contributed by atoms with Crippen LogP contribution >= 0.6 is 0 Å². The van der Waals surface area contributed by atoms with Gasteiger partial charge in [0, 0.05) is 6.04 Å². The maximum atomic E-state index is 12.3. The molecule has 0 heterocycles. The minimum absolute atomic E-state index is 0.00412. The molecule has 0 bridgehead atoms. The van der Waals surface area contributed by atoms with Gasteiger partial charge in [-0.15, -0.1) is 0 Å². The van der Waals surface area contributed by atoms with Crippen molar-refractivity contribution in [3.63, 3.8) is 0 Å². The Labute approximate surface area is 103 Å². The van der Waals surface area contributed by atoms with E-state index < -0.39 is 21.8 Å². The number of nitrogens with one attached hydrogen (secondary N) is 1. The van der Waals surface area contributed by atoms with Crippen molar-refractivity contribution in [2.45, 2.75) is 30.8 Å². The van der Waals surface area contributed by atoms with Crippen molar-refractivity contribution >= 4 is 10.0 Å². The summed E-state index contributed by atoms with van der Waals surface area (Å²) in [4.78, 5) is 0. The number of hydrogen-bond donors (Lipinski definition) is 1. The van der Waals surface area contributed by atoms with E-state index in [9.17, 15) is 21.6 Å². The van der Waals surface area contributed by atoms with E-state index in [2.05, 4.69) is 4.72 Å². The molecule has 0 atom stereocenters. The molecule has 1 saturated carbocycles. The average Bonchev–Trinajstić information content (AvgIpc) is 2.99. The quantitative estimate of drug-likeness (QED) is 0.919. The van der Waals surface area contributed by atoms with E-state index in [1.807, 2.05) is 0 Å². The Morgan fingerprint density at radius 3 is 2.17 bits per heavy atom. The highest BCUT2D eigenvalue weighted by Gasteiger charge is 2.30. The molecule has 1 aliphatic carbocycles. The van der Waals surface area contributed by atoms with Crippen LogP contribution in [0.2, 0.25) is 0 Å². The number of sulfonamides is 1. The minimum Gasteiger partial charge on any atom is -0.212 e. The van der Waals surface area contributed by atoms with Crippen LogP contribution in [0.5, 0.6) is 0 Å². The van der Waals surface area contributed by atoms with Crippen molar-refractivity contribution in [2.75, 3.05) is 0 Å². The fourth-order valence-electron chi connectivity index (χ4n) is 1.51. The lowest BCUT2D eigenvalue weighted by molar-refractivity contribution is -0.137. The molecule has 1 aliphatic rings. The third kappa shape index (κ3) is 3.71. The van der Waals surface area contributed by atoms with Crippen LogP contribution in [0, 0.1) is 0 Å². The Balaban J connectivity index is 2.06. The highest BCUT2D eigenvalue weighted by Crippen LogP contribution is 2.29. The van der Waals surface area contributed by atoms with E-state index >= 15 is 0 Å². The molecule has 18 heavy (non-hydrogen) atoms. The van der Waals surface area contributed by atoms with Crippen LogP contribution in [0.25, 0.3) is 0 Å². The van der Waals surface area contributed by atoms with E-state index in [-0.39, 0.29) is 11.8 Å². The van der Waals surface area contributed by atoms with E-state index in [1.165, 1.54) is 12.1 Å². The highest BCUT2D eigenvalue weighted by molar-refractivity contribution is 7.88. The van der Waals surface area contributed by atoms with Gasteiger partial charge in [0.15, 0.2) is 0 Å². The van der Waals surface area contributed by atoms with Gasteiger partial charge in [-0.2, -0.15) is 13.2 Å². The summed E-state index contributed by atoms with van der Waals surface area (Å²) in [6, 6.07) is 4.16. The van der Waals surface area contributed by atoms with Gasteiger partial charge in [-0.3, -0.25) is 0 Å². The molecule has 2 rings (SSSR count). The molecular formula is C11H12F3NO2S. The molecular weight excluding hydrogens is 267 g/mol. The van der Waals surface area contributed by atoms with Gasteiger partial charge in [-0.05, 0) is 30.5 Å². The Morgan fingerprint density at radius 2 is 1.72 bits per heavy atom. The van der Waals surface area contributed by atoms with E-state index in [1.54, 1.807) is 0 Å². The summed E-state index contributed by atoms with van der Waals surface area (Å²) in [5.41, 5.74) is -0.435. The Bertz CT molecular complexity index is 518. The van der Waals surface area contributed by atoms with Gasteiger partial charge in [0.05, 0.1) is 11.3 Å². The zero-order valence-electron chi connectivity index (χ0n) is 9.37.